The molecular formula is C15H17Cl2N3O. The molecule has 2 rings (SSSR count). The van der Waals surface area contributed by atoms with Crippen LogP contribution in [-0.2, 0) is 6.54 Å². The standard InChI is InChI=1S/C15H17Cl2N3O/c1-10(2)6-18-7-12-8-20-15(9-19-12)21-14-5-11(16)3-4-13(14)17/h3-5,8-10,18H,6-7H2,1-2H3. The fourth-order valence-corrected chi connectivity index (χ4v) is 1.96. The van der Waals surface area contributed by atoms with E-state index in [0.29, 0.717) is 34.1 Å². The Morgan fingerprint density at radius 2 is 2.00 bits per heavy atom. The molecule has 0 saturated heterocycles. The molecule has 0 spiro atoms. The van der Waals surface area contributed by atoms with E-state index >= 15 is 0 Å². The molecule has 0 bridgehead atoms. The first-order chi connectivity index (χ1) is 10.0. The summed E-state index contributed by atoms with van der Waals surface area (Å²) in [5.41, 5.74) is 0.861. The number of rotatable bonds is 6. The Hall–Kier alpha value is -1.36. The zero-order valence-corrected chi connectivity index (χ0v) is 13.4. The van der Waals surface area contributed by atoms with Crippen molar-refractivity contribution in [3.05, 3.63) is 46.3 Å². The average Bonchev–Trinajstić information content (AvgIpc) is 2.44. The summed E-state index contributed by atoms with van der Waals surface area (Å²) in [6.45, 7) is 5.94. The van der Waals surface area contributed by atoms with Gasteiger partial charge >= 0.3 is 0 Å². The van der Waals surface area contributed by atoms with E-state index in [1.807, 2.05) is 0 Å². The molecule has 6 heteroatoms. The number of benzene rings is 1. The molecule has 2 aromatic rings. The van der Waals surface area contributed by atoms with E-state index in [4.69, 9.17) is 27.9 Å². The molecule has 1 aromatic heterocycles. The van der Waals surface area contributed by atoms with Crippen molar-refractivity contribution in [3.63, 3.8) is 0 Å². The lowest BCUT2D eigenvalue weighted by atomic mass is 10.2. The first-order valence-corrected chi connectivity index (χ1v) is 7.44. The molecule has 0 saturated carbocycles. The summed E-state index contributed by atoms with van der Waals surface area (Å²) in [7, 11) is 0. The van der Waals surface area contributed by atoms with Gasteiger partial charge in [-0.25, -0.2) is 4.98 Å². The van der Waals surface area contributed by atoms with Gasteiger partial charge in [0.1, 0.15) is 5.75 Å². The number of hydrogen-bond acceptors (Lipinski definition) is 4. The van der Waals surface area contributed by atoms with E-state index in [1.54, 1.807) is 30.6 Å². The number of ether oxygens (including phenoxy) is 1. The van der Waals surface area contributed by atoms with Gasteiger partial charge in [-0.15, -0.1) is 0 Å². The van der Waals surface area contributed by atoms with Gasteiger partial charge in [0, 0.05) is 17.6 Å². The van der Waals surface area contributed by atoms with Gasteiger partial charge in [0.05, 0.1) is 23.1 Å². The van der Waals surface area contributed by atoms with Crippen LogP contribution in [0, 0.1) is 5.92 Å². The predicted molar refractivity (Wildman–Crippen MR) is 85.1 cm³/mol. The highest BCUT2D eigenvalue weighted by atomic mass is 35.5. The Bertz CT molecular complexity index is 588. The van der Waals surface area contributed by atoms with E-state index in [9.17, 15) is 0 Å². The van der Waals surface area contributed by atoms with Crippen LogP contribution in [0.5, 0.6) is 11.6 Å². The van der Waals surface area contributed by atoms with Crippen LogP contribution in [0.3, 0.4) is 0 Å². The summed E-state index contributed by atoms with van der Waals surface area (Å²) < 4.78 is 5.58. The highest BCUT2D eigenvalue weighted by molar-refractivity contribution is 6.34. The Kier molecular flexibility index (Phi) is 5.79. The fraction of sp³-hybridized carbons (Fsp3) is 0.333. The lowest BCUT2D eigenvalue weighted by Gasteiger charge is -2.08. The summed E-state index contributed by atoms with van der Waals surface area (Å²) in [5, 5.41) is 4.33. The van der Waals surface area contributed by atoms with Crippen molar-refractivity contribution in [1.82, 2.24) is 15.3 Å². The normalized spacial score (nSPS) is 10.9. The molecule has 0 aliphatic heterocycles. The highest BCUT2D eigenvalue weighted by Gasteiger charge is 2.06. The molecule has 1 N–H and O–H groups in total. The number of nitrogens with zero attached hydrogens (tertiary/aromatic N) is 2. The van der Waals surface area contributed by atoms with Crippen LogP contribution in [0.25, 0.3) is 0 Å². The van der Waals surface area contributed by atoms with Crippen LogP contribution in [0.15, 0.2) is 30.6 Å². The summed E-state index contributed by atoms with van der Waals surface area (Å²) in [4.78, 5) is 8.51. The maximum Gasteiger partial charge on any atom is 0.237 e. The van der Waals surface area contributed by atoms with Gasteiger partial charge in [0.15, 0.2) is 0 Å². The Balaban J connectivity index is 1.97. The third-order valence-electron chi connectivity index (χ3n) is 2.65. The van der Waals surface area contributed by atoms with Crippen molar-refractivity contribution in [2.75, 3.05) is 6.54 Å². The molecule has 112 valence electrons. The average molecular weight is 326 g/mol. The molecule has 4 nitrogen and oxygen atoms in total. The number of aromatic nitrogens is 2. The summed E-state index contributed by atoms with van der Waals surface area (Å²) in [5.74, 6) is 1.45. The number of nitrogens with one attached hydrogen (secondary N) is 1. The zero-order valence-electron chi connectivity index (χ0n) is 11.9. The number of hydrogen-bond donors (Lipinski definition) is 1. The summed E-state index contributed by atoms with van der Waals surface area (Å²) in [6, 6.07) is 5.02. The molecule has 0 aliphatic rings. The van der Waals surface area contributed by atoms with Gasteiger partial charge in [0.2, 0.25) is 5.88 Å². The predicted octanol–water partition coefficient (Wildman–Crippen LogP) is 4.32. The van der Waals surface area contributed by atoms with Crippen molar-refractivity contribution in [1.29, 1.82) is 0 Å². The monoisotopic (exact) mass is 325 g/mol. The van der Waals surface area contributed by atoms with E-state index < -0.39 is 0 Å². The van der Waals surface area contributed by atoms with Crippen LogP contribution >= 0.6 is 23.2 Å². The molecule has 0 radical (unpaired) electrons. The van der Waals surface area contributed by atoms with Gasteiger partial charge in [0.25, 0.3) is 0 Å². The smallest absolute Gasteiger partial charge is 0.237 e. The van der Waals surface area contributed by atoms with Crippen molar-refractivity contribution >= 4 is 23.2 Å². The van der Waals surface area contributed by atoms with Crippen molar-refractivity contribution in [3.8, 4) is 11.6 Å². The van der Waals surface area contributed by atoms with Gasteiger partial charge < -0.3 is 10.1 Å². The molecule has 1 heterocycles. The minimum absolute atomic E-state index is 0.381. The lowest BCUT2D eigenvalue weighted by Crippen LogP contribution is -2.19. The van der Waals surface area contributed by atoms with Crippen LogP contribution in [0.2, 0.25) is 10.0 Å². The van der Waals surface area contributed by atoms with Gasteiger partial charge in [-0.05, 0) is 24.6 Å². The number of halogens is 2. The maximum absolute atomic E-state index is 6.03. The van der Waals surface area contributed by atoms with Crippen LogP contribution in [-0.4, -0.2) is 16.5 Å². The molecular weight excluding hydrogens is 309 g/mol. The molecule has 21 heavy (non-hydrogen) atoms. The Morgan fingerprint density at radius 1 is 1.19 bits per heavy atom. The highest BCUT2D eigenvalue weighted by Crippen LogP contribution is 2.30. The molecule has 0 fully saturated rings. The van der Waals surface area contributed by atoms with Gasteiger partial charge in [-0.3, -0.25) is 4.98 Å². The second kappa shape index (κ2) is 7.59. The van der Waals surface area contributed by atoms with Crippen molar-refractivity contribution in [2.24, 2.45) is 5.92 Å². The third-order valence-corrected chi connectivity index (χ3v) is 3.20. The fourth-order valence-electron chi connectivity index (χ4n) is 1.64. The van der Waals surface area contributed by atoms with Crippen molar-refractivity contribution < 1.29 is 4.74 Å². The minimum atomic E-state index is 0.381. The molecule has 0 amide bonds. The molecule has 0 unspecified atom stereocenters. The van der Waals surface area contributed by atoms with Gasteiger partial charge in [-0.2, -0.15) is 0 Å². The summed E-state index contributed by atoms with van der Waals surface area (Å²) >= 11 is 11.9. The van der Waals surface area contributed by atoms with Crippen LogP contribution < -0.4 is 10.1 Å². The molecule has 1 aromatic carbocycles. The summed E-state index contributed by atoms with van der Waals surface area (Å²) in [6.07, 6.45) is 3.25. The van der Waals surface area contributed by atoms with E-state index in [1.165, 1.54) is 0 Å². The zero-order chi connectivity index (χ0) is 15.2. The Morgan fingerprint density at radius 3 is 2.67 bits per heavy atom. The van der Waals surface area contributed by atoms with Gasteiger partial charge in [-0.1, -0.05) is 37.0 Å². The first kappa shape index (κ1) is 16.0. The second-order valence-corrected chi connectivity index (χ2v) is 5.89. The van der Waals surface area contributed by atoms with E-state index in [0.717, 1.165) is 12.2 Å². The lowest BCUT2D eigenvalue weighted by molar-refractivity contribution is 0.458. The topological polar surface area (TPSA) is 47.0 Å². The maximum atomic E-state index is 6.03. The molecule has 0 atom stereocenters. The second-order valence-electron chi connectivity index (χ2n) is 5.05. The van der Waals surface area contributed by atoms with E-state index in [-0.39, 0.29) is 0 Å². The molecule has 0 aliphatic carbocycles. The largest absolute Gasteiger partial charge is 0.436 e. The minimum Gasteiger partial charge on any atom is -0.436 e. The van der Waals surface area contributed by atoms with Crippen molar-refractivity contribution in [2.45, 2.75) is 20.4 Å². The van der Waals surface area contributed by atoms with Crippen LogP contribution in [0.4, 0.5) is 0 Å². The quantitative estimate of drug-likeness (QED) is 0.859. The Labute approximate surface area is 134 Å². The SMILES string of the molecule is CC(C)CNCc1cnc(Oc2cc(Cl)ccc2Cl)cn1. The third kappa shape index (κ3) is 5.16. The first-order valence-electron chi connectivity index (χ1n) is 6.69. The van der Waals surface area contributed by atoms with Crippen LogP contribution in [0.1, 0.15) is 19.5 Å². The van der Waals surface area contributed by atoms with E-state index in [2.05, 4.69) is 29.1 Å².